The van der Waals surface area contributed by atoms with Crippen molar-refractivity contribution in [3.8, 4) is 0 Å². The van der Waals surface area contributed by atoms with Crippen LogP contribution in [0.1, 0.15) is 16.1 Å². The Morgan fingerprint density at radius 1 is 1.32 bits per heavy atom. The number of likely N-dealkylation sites (tertiary alicyclic amines) is 1. The minimum Gasteiger partial charge on any atom is -0.481 e. The van der Waals surface area contributed by atoms with E-state index in [-0.39, 0.29) is 5.91 Å². The van der Waals surface area contributed by atoms with E-state index < -0.39 is 11.9 Å². The van der Waals surface area contributed by atoms with Crippen molar-refractivity contribution in [2.75, 3.05) is 13.1 Å². The van der Waals surface area contributed by atoms with Crippen LogP contribution in [-0.2, 0) is 4.79 Å². The Labute approximate surface area is 109 Å². The predicted octanol–water partition coefficient (Wildman–Crippen LogP) is 1.63. The van der Waals surface area contributed by atoms with Crippen LogP contribution in [0.2, 0.25) is 0 Å². The van der Waals surface area contributed by atoms with Crippen molar-refractivity contribution in [1.29, 1.82) is 0 Å². The Balaban J connectivity index is 1.91. The van der Waals surface area contributed by atoms with Crippen molar-refractivity contribution in [3.63, 3.8) is 0 Å². The van der Waals surface area contributed by atoms with Crippen LogP contribution >= 0.6 is 0 Å². The molecule has 1 saturated heterocycles. The Bertz CT molecular complexity index is 668. The number of carbonyl (C=O) groups excluding carboxylic acids is 1. The molecule has 2 heterocycles. The standard InChI is InChI=1S/C14H14N2O3/c1-8-12(10-4-2-3-5-11(10)15-8)13(17)16-6-9(7-16)14(18)19/h2-5,9,15H,6-7H2,1H3,(H,18,19). The Hall–Kier alpha value is -2.30. The quantitative estimate of drug-likeness (QED) is 0.859. The van der Waals surface area contributed by atoms with Crippen molar-refractivity contribution < 1.29 is 14.7 Å². The Morgan fingerprint density at radius 2 is 2.00 bits per heavy atom. The number of nitrogens with zero attached hydrogens (tertiary/aromatic N) is 1. The number of carboxylic acid groups (broad SMARTS) is 1. The number of amides is 1. The van der Waals surface area contributed by atoms with Gasteiger partial charge in [-0.1, -0.05) is 18.2 Å². The molecule has 0 bridgehead atoms. The number of hydrogen-bond donors (Lipinski definition) is 2. The Kier molecular flexibility index (Phi) is 2.55. The summed E-state index contributed by atoms with van der Waals surface area (Å²) in [5.41, 5.74) is 2.41. The zero-order valence-corrected chi connectivity index (χ0v) is 10.5. The fourth-order valence-electron chi connectivity index (χ4n) is 2.51. The number of hydrogen-bond acceptors (Lipinski definition) is 2. The lowest BCUT2D eigenvalue weighted by molar-refractivity contribution is -0.146. The number of carbonyl (C=O) groups is 2. The number of rotatable bonds is 2. The zero-order valence-electron chi connectivity index (χ0n) is 10.5. The number of benzene rings is 1. The molecule has 1 aliphatic heterocycles. The molecule has 0 radical (unpaired) electrons. The van der Waals surface area contributed by atoms with Gasteiger partial charge in [0.15, 0.2) is 0 Å². The van der Waals surface area contributed by atoms with Crippen LogP contribution in [0.4, 0.5) is 0 Å². The lowest BCUT2D eigenvalue weighted by atomic mass is 9.98. The van der Waals surface area contributed by atoms with Crippen LogP contribution in [-0.4, -0.2) is 40.0 Å². The van der Waals surface area contributed by atoms with Crippen LogP contribution in [0, 0.1) is 12.8 Å². The first-order valence-electron chi connectivity index (χ1n) is 6.17. The normalized spacial score (nSPS) is 15.5. The van der Waals surface area contributed by atoms with Crippen LogP contribution in [0.5, 0.6) is 0 Å². The van der Waals surface area contributed by atoms with Gasteiger partial charge in [0.25, 0.3) is 5.91 Å². The van der Waals surface area contributed by atoms with Crippen molar-refractivity contribution in [1.82, 2.24) is 9.88 Å². The number of aromatic amines is 1. The summed E-state index contributed by atoms with van der Waals surface area (Å²) in [6.07, 6.45) is 0. The molecule has 2 N–H and O–H groups in total. The summed E-state index contributed by atoms with van der Waals surface area (Å²) < 4.78 is 0. The van der Waals surface area contributed by atoms with Gasteiger partial charge >= 0.3 is 5.97 Å². The molecule has 1 aromatic carbocycles. The SMILES string of the molecule is Cc1[nH]c2ccccc2c1C(=O)N1CC(C(=O)O)C1. The van der Waals surface area contributed by atoms with Crippen LogP contribution in [0.15, 0.2) is 24.3 Å². The highest BCUT2D eigenvalue weighted by Gasteiger charge is 2.37. The largest absolute Gasteiger partial charge is 0.481 e. The second-order valence-electron chi connectivity index (χ2n) is 4.92. The van der Waals surface area contributed by atoms with Gasteiger partial charge in [0.2, 0.25) is 0 Å². The molecule has 0 atom stereocenters. The van der Waals surface area contributed by atoms with E-state index in [1.54, 1.807) is 4.90 Å². The van der Waals surface area contributed by atoms with E-state index >= 15 is 0 Å². The summed E-state index contributed by atoms with van der Waals surface area (Å²) in [5, 5.41) is 9.74. The number of aliphatic carboxylic acids is 1. The summed E-state index contributed by atoms with van der Waals surface area (Å²) in [5.74, 6) is -1.35. The third-order valence-electron chi connectivity index (χ3n) is 3.63. The number of nitrogens with one attached hydrogen (secondary N) is 1. The number of aryl methyl sites for hydroxylation is 1. The maximum absolute atomic E-state index is 12.4. The molecule has 2 aromatic rings. The van der Waals surface area contributed by atoms with E-state index in [2.05, 4.69) is 4.98 Å². The van der Waals surface area contributed by atoms with Crippen LogP contribution in [0.25, 0.3) is 10.9 Å². The van der Waals surface area contributed by atoms with Gasteiger partial charge in [-0.05, 0) is 13.0 Å². The van der Waals surface area contributed by atoms with E-state index in [1.807, 2.05) is 31.2 Å². The fourth-order valence-corrected chi connectivity index (χ4v) is 2.51. The summed E-state index contributed by atoms with van der Waals surface area (Å²) in [7, 11) is 0. The molecule has 5 nitrogen and oxygen atoms in total. The molecule has 1 aliphatic rings. The topological polar surface area (TPSA) is 73.4 Å². The summed E-state index contributed by atoms with van der Waals surface area (Å²) in [4.78, 5) is 27.9. The van der Waals surface area contributed by atoms with Crippen molar-refractivity contribution in [2.24, 2.45) is 5.92 Å². The van der Waals surface area contributed by atoms with Gasteiger partial charge in [0.05, 0.1) is 11.5 Å². The van der Waals surface area contributed by atoms with Crippen molar-refractivity contribution in [2.45, 2.75) is 6.92 Å². The van der Waals surface area contributed by atoms with Gasteiger partial charge in [0.1, 0.15) is 0 Å². The third-order valence-corrected chi connectivity index (χ3v) is 3.63. The molecule has 19 heavy (non-hydrogen) atoms. The lowest BCUT2D eigenvalue weighted by Gasteiger charge is -2.36. The highest BCUT2D eigenvalue weighted by molar-refractivity contribution is 6.08. The molecular formula is C14H14N2O3. The van der Waals surface area contributed by atoms with Gasteiger partial charge < -0.3 is 15.0 Å². The molecule has 98 valence electrons. The number of aromatic nitrogens is 1. The van der Waals surface area contributed by atoms with E-state index in [0.29, 0.717) is 18.7 Å². The summed E-state index contributed by atoms with van der Waals surface area (Å²) >= 11 is 0. The van der Waals surface area contributed by atoms with Gasteiger partial charge in [-0.25, -0.2) is 0 Å². The van der Waals surface area contributed by atoms with Gasteiger partial charge in [0, 0.05) is 29.7 Å². The van der Waals surface area contributed by atoms with E-state index in [4.69, 9.17) is 5.11 Å². The molecule has 0 saturated carbocycles. The van der Waals surface area contributed by atoms with Crippen molar-refractivity contribution >= 4 is 22.8 Å². The lowest BCUT2D eigenvalue weighted by Crippen LogP contribution is -2.53. The predicted molar refractivity (Wildman–Crippen MR) is 70.1 cm³/mol. The smallest absolute Gasteiger partial charge is 0.310 e. The molecule has 3 rings (SSSR count). The van der Waals surface area contributed by atoms with Crippen LogP contribution < -0.4 is 0 Å². The first kappa shape index (κ1) is 11.8. The van der Waals surface area contributed by atoms with Gasteiger partial charge in [-0.3, -0.25) is 9.59 Å². The first-order valence-corrected chi connectivity index (χ1v) is 6.17. The van der Waals surface area contributed by atoms with Gasteiger partial charge in [-0.15, -0.1) is 0 Å². The van der Waals surface area contributed by atoms with E-state index in [9.17, 15) is 9.59 Å². The minimum absolute atomic E-state index is 0.0903. The van der Waals surface area contributed by atoms with E-state index in [0.717, 1.165) is 16.6 Å². The Morgan fingerprint density at radius 3 is 2.68 bits per heavy atom. The molecule has 1 amide bonds. The zero-order chi connectivity index (χ0) is 13.6. The van der Waals surface area contributed by atoms with E-state index in [1.165, 1.54) is 0 Å². The fraction of sp³-hybridized carbons (Fsp3) is 0.286. The summed E-state index contributed by atoms with van der Waals surface area (Å²) in [6, 6.07) is 7.63. The average molecular weight is 258 g/mol. The monoisotopic (exact) mass is 258 g/mol. The maximum atomic E-state index is 12.4. The molecule has 0 spiro atoms. The highest BCUT2D eigenvalue weighted by Crippen LogP contribution is 2.26. The second-order valence-corrected chi connectivity index (χ2v) is 4.92. The maximum Gasteiger partial charge on any atom is 0.310 e. The minimum atomic E-state index is -0.834. The number of carboxylic acids is 1. The first-order chi connectivity index (χ1) is 9.08. The molecular weight excluding hydrogens is 244 g/mol. The highest BCUT2D eigenvalue weighted by atomic mass is 16.4. The molecule has 0 aliphatic carbocycles. The van der Waals surface area contributed by atoms with Crippen LogP contribution in [0.3, 0.4) is 0 Å². The molecule has 0 unspecified atom stereocenters. The van der Waals surface area contributed by atoms with Crippen molar-refractivity contribution in [3.05, 3.63) is 35.5 Å². The third kappa shape index (κ3) is 1.78. The summed E-state index contributed by atoms with van der Waals surface area (Å²) in [6.45, 7) is 2.46. The number of para-hydroxylation sites is 1. The molecule has 1 fully saturated rings. The number of H-pyrrole nitrogens is 1. The van der Waals surface area contributed by atoms with Gasteiger partial charge in [-0.2, -0.15) is 0 Å². The molecule has 1 aromatic heterocycles. The molecule has 5 heteroatoms. The average Bonchev–Trinajstić information content (AvgIpc) is 2.61. The second kappa shape index (κ2) is 4.12. The number of fused-ring (bicyclic) bond motifs is 1.